The van der Waals surface area contributed by atoms with E-state index in [1.54, 1.807) is 0 Å². The van der Waals surface area contributed by atoms with E-state index in [-0.39, 0.29) is 0 Å². The molecule has 0 atom stereocenters. The summed E-state index contributed by atoms with van der Waals surface area (Å²) in [4.78, 5) is 2.40. The predicted molar refractivity (Wildman–Crippen MR) is 259 cm³/mol. The van der Waals surface area contributed by atoms with E-state index in [9.17, 15) is 0 Å². The van der Waals surface area contributed by atoms with Crippen molar-refractivity contribution in [1.82, 2.24) is 0 Å². The van der Waals surface area contributed by atoms with Crippen LogP contribution in [-0.2, 0) is 5.41 Å². The van der Waals surface area contributed by atoms with Gasteiger partial charge < -0.3 is 4.90 Å². The Hall–Kier alpha value is -8.00. The molecule has 0 fully saturated rings. The van der Waals surface area contributed by atoms with E-state index in [4.69, 9.17) is 0 Å². The van der Waals surface area contributed by atoms with Gasteiger partial charge in [0.05, 0.1) is 11.1 Å². The number of nitrogens with zero attached hydrogens (tertiary/aromatic N) is 1. The average molecular weight is 788 g/mol. The van der Waals surface area contributed by atoms with Crippen LogP contribution in [0.2, 0.25) is 0 Å². The summed E-state index contributed by atoms with van der Waals surface area (Å²) in [7, 11) is 0. The molecule has 0 saturated carbocycles. The van der Waals surface area contributed by atoms with Crippen molar-refractivity contribution in [3.63, 3.8) is 0 Å². The lowest BCUT2D eigenvalue weighted by atomic mass is 9.65. The summed E-state index contributed by atoms with van der Waals surface area (Å²) in [5.74, 6) is 0. The Labute approximate surface area is 363 Å². The Morgan fingerprint density at radius 3 is 1.11 bits per heavy atom. The molecule has 2 aliphatic carbocycles. The van der Waals surface area contributed by atoms with Gasteiger partial charge in [0.25, 0.3) is 0 Å². The van der Waals surface area contributed by atoms with Crippen LogP contribution in [0.15, 0.2) is 249 Å². The van der Waals surface area contributed by atoms with Crippen molar-refractivity contribution in [2.24, 2.45) is 0 Å². The van der Waals surface area contributed by atoms with E-state index < -0.39 is 5.41 Å². The molecule has 2 aliphatic rings. The zero-order chi connectivity index (χ0) is 41.0. The summed E-state index contributed by atoms with van der Waals surface area (Å²) in [6, 6.07) is 91.6. The second-order valence-corrected chi connectivity index (χ2v) is 16.4. The highest BCUT2D eigenvalue weighted by Crippen LogP contribution is 2.61. The summed E-state index contributed by atoms with van der Waals surface area (Å²) in [6.07, 6.45) is 0. The molecule has 10 aromatic rings. The molecule has 10 aromatic carbocycles. The van der Waals surface area contributed by atoms with Crippen LogP contribution in [0.25, 0.3) is 66.8 Å². The maximum atomic E-state index is 2.48. The Balaban J connectivity index is 1.02. The molecular formula is C61H41N. The van der Waals surface area contributed by atoms with Crippen molar-refractivity contribution >= 4 is 17.1 Å². The first-order chi connectivity index (χ1) is 30.8. The fraction of sp³-hybridized carbons (Fsp3) is 0.0164. The lowest BCUT2D eigenvalue weighted by Crippen LogP contribution is -2.29. The molecule has 0 radical (unpaired) electrons. The summed E-state index contributed by atoms with van der Waals surface area (Å²) in [5.41, 5.74) is 23.0. The second-order valence-electron chi connectivity index (χ2n) is 16.4. The van der Waals surface area contributed by atoms with Crippen LogP contribution in [0.4, 0.5) is 17.1 Å². The first-order valence-electron chi connectivity index (χ1n) is 21.5. The first-order valence-corrected chi connectivity index (χ1v) is 21.5. The Morgan fingerprint density at radius 2 is 0.581 bits per heavy atom. The van der Waals surface area contributed by atoms with E-state index in [0.29, 0.717) is 0 Å². The minimum absolute atomic E-state index is 0.516. The average Bonchev–Trinajstić information content (AvgIpc) is 3.59. The molecule has 1 nitrogen and oxygen atoms in total. The van der Waals surface area contributed by atoms with Crippen LogP contribution in [-0.4, -0.2) is 0 Å². The van der Waals surface area contributed by atoms with Crippen LogP contribution in [0.3, 0.4) is 0 Å². The monoisotopic (exact) mass is 787 g/mol. The topological polar surface area (TPSA) is 3.24 Å². The van der Waals surface area contributed by atoms with Crippen molar-refractivity contribution in [3.8, 4) is 66.8 Å². The van der Waals surface area contributed by atoms with Crippen LogP contribution in [0, 0.1) is 0 Å². The van der Waals surface area contributed by atoms with E-state index in [0.717, 1.165) is 17.1 Å². The molecule has 0 amide bonds. The van der Waals surface area contributed by atoms with E-state index in [1.165, 1.54) is 89.0 Å². The normalized spacial score (nSPS) is 12.6. The minimum atomic E-state index is -0.516. The molecule has 0 saturated heterocycles. The summed E-state index contributed by atoms with van der Waals surface area (Å²) in [6.45, 7) is 0. The molecule has 0 aromatic heterocycles. The number of benzene rings is 10. The maximum Gasteiger partial charge on any atom is 0.0725 e. The lowest BCUT2D eigenvalue weighted by molar-refractivity contribution is 0.775. The van der Waals surface area contributed by atoms with Gasteiger partial charge in [-0.1, -0.05) is 212 Å². The van der Waals surface area contributed by atoms with Crippen LogP contribution in [0.1, 0.15) is 22.3 Å². The van der Waals surface area contributed by atoms with Gasteiger partial charge in [-0.3, -0.25) is 0 Å². The molecule has 0 bridgehead atoms. The van der Waals surface area contributed by atoms with Gasteiger partial charge >= 0.3 is 0 Å². The van der Waals surface area contributed by atoms with Crippen LogP contribution >= 0.6 is 0 Å². The Bertz CT molecular complexity index is 3200. The molecule has 0 N–H and O–H groups in total. The van der Waals surface area contributed by atoms with Gasteiger partial charge in [0, 0.05) is 16.9 Å². The highest BCUT2D eigenvalue weighted by atomic mass is 15.1. The largest absolute Gasteiger partial charge is 0.310 e. The number of hydrogen-bond acceptors (Lipinski definition) is 1. The van der Waals surface area contributed by atoms with E-state index in [2.05, 4.69) is 254 Å². The highest BCUT2D eigenvalue weighted by molar-refractivity contribution is 5.98. The quantitative estimate of drug-likeness (QED) is 0.162. The molecule has 0 aliphatic heterocycles. The number of anilines is 3. The smallest absolute Gasteiger partial charge is 0.0725 e. The molecule has 290 valence electrons. The third kappa shape index (κ3) is 5.56. The van der Waals surface area contributed by atoms with Crippen molar-refractivity contribution in [3.05, 3.63) is 271 Å². The number of rotatable bonds is 6. The molecule has 12 rings (SSSR count). The first kappa shape index (κ1) is 35.9. The van der Waals surface area contributed by atoms with Gasteiger partial charge in [-0.05, 0) is 120 Å². The number of para-hydroxylation sites is 1. The number of fused-ring (bicyclic) bond motifs is 12. The fourth-order valence-electron chi connectivity index (χ4n) is 10.4. The van der Waals surface area contributed by atoms with Gasteiger partial charge in [0.15, 0.2) is 0 Å². The highest BCUT2D eigenvalue weighted by Gasteiger charge is 2.49. The summed E-state index contributed by atoms with van der Waals surface area (Å²) >= 11 is 0. The van der Waals surface area contributed by atoms with Gasteiger partial charge in [-0.25, -0.2) is 0 Å². The minimum Gasteiger partial charge on any atom is -0.310 e. The lowest BCUT2D eigenvalue weighted by Gasteiger charge is -2.35. The molecule has 0 heterocycles. The molecule has 1 heteroatoms. The van der Waals surface area contributed by atoms with E-state index in [1.807, 2.05) is 0 Å². The van der Waals surface area contributed by atoms with Gasteiger partial charge in [0.1, 0.15) is 0 Å². The van der Waals surface area contributed by atoms with Crippen molar-refractivity contribution in [2.45, 2.75) is 5.41 Å². The van der Waals surface area contributed by atoms with Gasteiger partial charge in [-0.15, -0.1) is 0 Å². The van der Waals surface area contributed by atoms with Crippen LogP contribution < -0.4 is 4.90 Å². The summed E-state index contributed by atoms with van der Waals surface area (Å²) in [5, 5.41) is 0. The third-order valence-electron chi connectivity index (χ3n) is 13.1. The zero-order valence-corrected chi connectivity index (χ0v) is 34.1. The Kier molecular flexibility index (Phi) is 8.47. The summed E-state index contributed by atoms with van der Waals surface area (Å²) < 4.78 is 0. The Morgan fingerprint density at radius 1 is 0.226 bits per heavy atom. The maximum absolute atomic E-state index is 2.48. The molecular weight excluding hydrogens is 747 g/mol. The second kappa shape index (κ2) is 14.6. The fourth-order valence-corrected chi connectivity index (χ4v) is 10.4. The third-order valence-corrected chi connectivity index (χ3v) is 13.1. The van der Waals surface area contributed by atoms with Crippen molar-refractivity contribution in [1.29, 1.82) is 0 Å². The van der Waals surface area contributed by atoms with E-state index >= 15 is 0 Å². The standard InChI is InChI=1S/C61H41N/c1-3-17-42(18-4-1)43-31-36-47(37-32-43)62(60-30-16-12-21-49(60)45-19-5-2-6-20-45)48-38-33-44(34-39-48)46-35-40-55-54-26-11-15-29-58(54)61(59(55)41-46)56-27-13-9-24-52(56)50-22-7-8-23-51(50)53-25-10-14-28-57(53)61/h1-41H. The van der Waals surface area contributed by atoms with Gasteiger partial charge in [-0.2, -0.15) is 0 Å². The predicted octanol–water partition coefficient (Wildman–Crippen LogP) is 16.2. The van der Waals surface area contributed by atoms with Crippen molar-refractivity contribution in [2.75, 3.05) is 4.90 Å². The molecule has 62 heavy (non-hydrogen) atoms. The zero-order valence-electron chi connectivity index (χ0n) is 34.1. The van der Waals surface area contributed by atoms with Crippen molar-refractivity contribution < 1.29 is 0 Å². The molecule has 0 unspecified atom stereocenters. The number of hydrogen-bond donors (Lipinski definition) is 0. The van der Waals surface area contributed by atoms with Crippen LogP contribution in [0.5, 0.6) is 0 Å². The van der Waals surface area contributed by atoms with Gasteiger partial charge in [0.2, 0.25) is 0 Å². The SMILES string of the molecule is c1ccc(-c2ccc(N(c3ccc(-c4ccc5c(c4)C4(c6ccccc6-c6ccccc6-c6ccccc64)c4ccccc4-5)cc3)c3ccccc3-c3ccccc3)cc2)cc1. The molecule has 1 spiro atoms.